The fourth-order valence-electron chi connectivity index (χ4n) is 1.85. The molecule has 1 amide bonds. The highest BCUT2D eigenvalue weighted by atomic mass is 16.5. The van der Waals surface area contributed by atoms with Gasteiger partial charge in [0, 0.05) is 6.54 Å². The lowest BCUT2D eigenvalue weighted by Crippen LogP contribution is -2.49. The number of carbonyl (C=O) groups excluding carboxylic acids is 1. The van der Waals surface area contributed by atoms with Crippen molar-refractivity contribution in [1.82, 2.24) is 5.32 Å². The number of carbonyl (C=O) groups is 1. The third kappa shape index (κ3) is 4.94. The van der Waals surface area contributed by atoms with Gasteiger partial charge in [-0.1, -0.05) is 19.3 Å². The van der Waals surface area contributed by atoms with Crippen LogP contribution in [0.2, 0.25) is 0 Å². The van der Waals surface area contributed by atoms with Gasteiger partial charge in [0.2, 0.25) is 5.91 Å². The second kappa shape index (κ2) is 6.21. The lowest BCUT2D eigenvalue weighted by Gasteiger charge is -2.23. The van der Waals surface area contributed by atoms with E-state index in [0.29, 0.717) is 19.3 Å². The molecule has 0 spiro atoms. The summed E-state index contributed by atoms with van der Waals surface area (Å²) in [6.45, 7) is 4.54. The number of nitrogens with two attached hydrogens (primary N) is 1. The van der Waals surface area contributed by atoms with E-state index in [2.05, 4.69) is 5.32 Å². The SMILES string of the molecule is CC(C)(N)C(=O)NCCOC1CCCCC1. The second-order valence-electron chi connectivity index (χ2n) is 5.11. The van der Waals surface area contributed by atoms with Crippen molar-refractivity contribution in [2.45, 2.75) is 57.6 Å². The van der Waals surface area contributed by atoms with Crippen molar-refractivity contribution >= 4 is 5.91 Å². The molecule has 0 radical (unpaired) electrons. The normalized spacial score (nSPS) is 18.4. The van der Waals surface area contributed by atoms with Crippen LogP contribution in [0.25, 0.3) is 0 Å². The Morgan fingerprint density at radius 1 is 1.38 bits per heavy atom. The highest BCUT2D eigenvalue weighted by molar-refractivity contribution is 5.84. The van der Waals surface area contributed by atoms with Crippen molar-refractivity contribution in [3.8, 4) is 0 Å². The van der Waals surface area contributed by atoms with E-state index in [1.807, 2.05) is 0 Å². The van der Waals surface area contributed by atoms with Crippen LogP contribution in [0, 0.1) is 0 Å². The van der Waals surface area contributed by atoms with E-state index in [0.717, 1.165) is 12.8 Å². The fourth-order valence-corrected chi connectivity index (χ4v) is 1.85. The van der Waals surface area contributed by atoms with Crippen molar-refractivity contribution in [2.75, 3.05) is 13.2 Å². The molecule has 0 unspecified atom stereocenters. The molecule has 0 aromatic heterocycles. The van der Waals surface area contributed by atoms with E-state index in [9.17, 15) is 4.79 Å². The molecule has 1 rings (SSSR count). The molecule has 4 nitrogen and oxygen atoms in total. The van der Waals surface area contributed by atoms with E-state index in [1.54, 1.807) is 13.8 Å². The monoisotopic (exact) mass is 228 g/mol. The molecule has 3 N–H and O–H groups in total. The Bertz CT molecular complexity index is 218. The molecule has 0 aliphatic heterocycles. The van der Waals surface area contributed by atoms with E-state index in [4.69, 9.17) is 10.5 Å². The van der Waals surface area contributed by atoms with Gasteiger partial charge in [0.1, 0.15) is 0 Å². The molecule has 1 fully saturated rings. The van der Waals surface area contributed by atoms with Gasteiger partial charge in [0.25, 0.3) is 0 Å². The lowest BCUT2D eigenvalue weighted by atomic mass is 9.98. The standard InChI is InChI=1S/C12H24N2O2/c1-12(2,13)11(15)14-8-9-16-10-6-4-3-5-7-10/h10H,3-9,13H2,1-2H3,(H,14,15). The van der Waals surface area contributed by atoms with Crippen LogP contribution in [0.3, 0.4) is 0 Å². The lowest BCUT2D eigenvalue weighted by molar-refractivity contribution is -0.125. The quantitative estimate of drug-likeness (QED) is 0.695. The number of rotatable bonds is 5. The van der Waals surface area contributed by atoms with Crippen LogP contribution in [0.4, 0.5) is 0 Å². The predicted octanol–water partition coefficient (Wildman–Crippen LogP) is 1.19. The summed E-state index contributed by atoms with van der Waals surface area (Å²) >= 11 is 0. The molecule has 0 heterocycles. The summed E-state index contributed by atoms with van der Waals surface area (Å²) in [5.74, 6) is -0.125. The summed E-state index contributed by atoms with van der Waals surface area (Å²) in [5.41, 5.74) is 4.85. The van der Waals surface area contributed by atoms with E-state index in [-0.39, 0.29) is 5.91 Å². The second-order valence-corrected chi connectivity index (χ2v) is 5.11. The van der Waals surface area contributed by atoms with E-state index >= 15 is 0 Å². The van der Waals surface area contributed by atoms with Gasteiger partial charge in [0.05, 0.1) is 18.2 Å². The van der Waals surface area contributed by atoms with Crippen molar-refractivity contribution in [1.29, 1.82) is 0 Å². The summed E-state index contributed by atoms with van der Waals surface area (Å²) in [4.78, 5) is 11.4. The zero-order valence-electron chi connectivity index (χ0n) is 10.4. The van der Waals surface area contributed by atoms with Crippen molar-refractivity contribution in [2.24, 2.45) is 5.73 Å². The van der Waals surface area contributed by atoms with E-state index in [1.165, 1.54) is 19.3 Å². The molecule has 0 saturated heterocycles. The highest BCUT2D eigenvalue weighted by Crippen LogP contribution is 2.19. The molecule has 0 aromatic carbocycles. The van der Waals surface area contributed by atoms with Crippen LogP contribution < -0.4 is 11.1 Å². The molecule has 1 aliphatic carbocycles. The third-order valence-corrected chi connectivity index (χ3v) is 2.88. The van der Waals surface area contributed by atoms with Gasteiger partial charge in [-0.15, -0.1) is 0 Å². The summed E-state index contributed by atoms with van der Waals surface area (Å²) in [6.07, 6.45) is 6.60. The van der Waals surface area contributed by atoms with Gasteiger partial charge >= 0.3 is 0 Å². The van der Waals surface area contributed by atoms with Crippen LogP contribution >= 0.6 is 0 Å². The highest BCUT2D eigenvalue weighted by Gasteiger charge is 2.21. The van der Waals surface area contributed by atoms with Crippen LogP contribution in [0.15, 0.2) is 0 Å². The molecule has 16 heavy (non-hydrogen) atoms. The van der Waals surface area contributed by atoms with Crippen LogP contribution in [0.1, 0.15) is 46.0 Å². The molecule has 0 bridgehead atoms. The van der Waals surface area contributed by atoms with Crippen LogP contribution in [-0.2, 0) is 9.53 Å². The van der Waals surface area contributed by atoms with Gasteiger partial charge in [-0.05, 0) is 26.7 Å². The first-order valence-corrected chi connectivity index (χ1v) is 6.19. The van der Waals surface area contributed by atoms with E-state index < -0.39 is 5.54 Å². The first-order valence-electron chi connectivity index (χ1n) is 6.19. The Labute approximate surface area is 97.9 Å². The van der Waals surface area contributed by atoms with Crippen LogP contribution in [0.5, 0.6) is 0 Å². The number of nitrogens with one attached hydrogen (secondary N) is 1. The Hall–Kier alpha value is -0.610. The maximum atomic E-state index is 11.4. The van der Waals surface area contributed by atoms with Gasteiger partial charge < -0.3 is 15.8 Å². The van der Waals surface area contributed by atoms with Gasteiger partial charge in [-0.25, -0.2) is 0 Å². The molecule has 0 atom stereocenters. The number of hydrogen-bond acceptors (Lipinski definition) is 3. The molecule has 1 saturated carbocycles. The van der Waals surface area contributed by atoms with Gasteiger partial charge in [-0.2, -0.15) is 0 Å². The average molecular weight is 228 g/mol. The molecular weight excluding hydrogens is 204 g/mol. The zero-order valence-corrected chi connectivity index (χ0v) is 10.4. The Morgan fingerprint density at radius 3 is 2.56 bits per heavy atom. The first kappa shape index (κ1) is 13.5. The van der Waals surface area contributed by atoms with Crippen molar-refractivity contribution in [3.05, 3.63) is 0 Å². The van der Waals surface area contributed by atoms with Gasteiger partial charge in [0.15, 0.2) is 0 Å². The largest absolute Gasteiger partial charge is 0.376 e. The summed E-state index contributed by atoms with van der Waals surface area (Å²) in [6, 6.07) is 0. The number of amides is 1. The zero-order chi connectivity index (χ0) is 12.0. The minimum Gasteiger partial charge on any atom is -0.376 e. The minimum atomic E-state index is -0.801. The smallest absolute Gasteiger partial charge is 0.239 e. The molecule has 1 aliphatic rings. The van der Waals surface area contributed by atoms with Crippen molar-refractivity contribution < 1.29 is 9.53 Å². The molecule has 94 valence electrons. The molecule has 0 aromatic rings. The average Bonchev–Trinajstić information content (AvgIpc) is 2.24. The Kier molecular flexibility index (Phi) is 5.22. The first-order chi connectivity index (χ1) is 7.50. The summed E-state index contributed by atoms with van der Waals surface area (Å²) < 4.78 is 5.69. The number of hydrogen-bond donors (Lipinski definition) is 2. The Morgan fingerprint density at radius 2 is 2.00 bits per heavy atom. The van der Waals surface area contributed by atoms with Crippen molar-refractivity contribution in [3.63, 3.8) is 0 Å². The summed E-state index contributed by atoms with van der Waals surface area (Å²) in [5, 5.41) is 2.77. The maximum absolute atomic E-state index is 11.4. The third-order valence-electron chi connectivity index (χ3n) is 2.88. The number of ether oxygens (including phenoxy) is 1. The maximum Gasteiger partial charge on any atom is 0.239 e. The van der Waals surface area contributed by atoms with Gasteiger partial charge in [-0.3, -0.25) is 4.79 Å². The predicted molar refractivity (Wildman–Crippen MR) is 64.1 cm³/mol. The topological polar surface area (TPSA) is 64.4 Å². The fraction of sp³-hybridized carbons (Fsp3) is 0.917. The summed E-state index contributed by atoms with van der Waals surface area (Å²) in [7, 11) is 0. The molecular formula is C12H24N2O2. The molecule has 4 heteroatoms. The minimum absolute atomic E-state index is 0.125. The van der Waals surface area contributed by atoms with Crippen LogP contribution in [-0.4, -0.2) is 30.7 Å². The Balaban J connectivity index is 2.05.